The minimum absolute atomic E-state index is 0.0547. The third kappa shape index (κ3) is 1.37. The third-order valence-corrected chi connectivity index (χ3v) is 10.6. The van der Waals surface area contributed by atoms with Gasteiger partial charge in [0.1, 0.15) is 0 Å². The molecule has 1 heterocycles. The predicted molar refractivity (Wildman–Crippen MR) is 98.2 cm³/mol. The van der Waals surface area contributed by atoms with Crippen LogP contribution in [-0.2, 0) is 0 Å². The molecule has 4 unspecified atom stereocenters. The lowest BCUT2D eigenvalue weighted by atomic mass is 9.43. The Labute approximate surface area is 156 Å². The highest BCUT2D eigenvalue weighted by molar-refractivity contribution is 5.39. The highest BCUT2D eigenvalue weighted by Gasteiger charge is 2.85. The zero-order chi connectivity index (χ0) is 18.2. The second-order valence-electron chi connectivity index (χ2n) is 10.9. The third-order valence-electron chi connectivity index (χ3n) is 10.6. The molecule has 1 aliphatic heterocycles. The molecule has 1 saturated heterocycles. The van der Waals surface area contributed by atoms with Gasteiger partial charge in [-0.05, 0) is 67.4 Å². The SMILES string of the molecule is C=C1[C@@H](O)C23C[C@@H]1[C@@H](O)C[C@H]2C12C4C3C[C@@H]1[C@@](C)(CC[C@@H]2O)CN4CC. The first-order valence-corrected chi connectivity index (χ1v) is 10.8. The van der Waals surface area contributed by atoms with Crippen molar-refractivity contribution < 1.29 is 15.3 Å². The van der Waals surface area contributed by atoms with Crippen LogP contribution in [0.1, 0.15) is 46.0 Å². The van der Waals surface area contributed by atoms with E-state index in [1.54, 1.807) is 0 Å². The molecule has 0 aromatic rings. The number of rotatable bonds is 1. The fraction of sp³-hybridized carbons (Fsp3) is 0.909. The predicted octanol–water partition coefficient (Wildman–Crippen LogP) is 1.79. The van der Waals surface area contributed by atoms with Gasteiger partial charge in [0, 0.05) is 29.3 Å². The summed E-state index contributed by atoms with van der Waals surface area (Å²) >= 11 is 0. The molecule has 6 aliphatic rings. The Morgan fingerprint density at radius 2 is 1.96 bits per heavy atom. The number of aliphatic hydroxyl groups is 3. The lowest BCUT2D eigenvalue weighted by molar-refractivity contribution is -0.218. The normalized spacial score (nSPS) is 65.5. The Balaban J connectivity index is 1.61. The van der Waals surface area contributed by atoms with E-state index < -0.39 is 12.2 Å². The Morgan fingerprint density at radius 1 is 1.19 bits per heavy atom. The molecule has 0 radical (unpaired) electrons. The van der Waals surface area contributed by atoms with Crippen molar-refractivity contribution in [3.63, 3.8) is 0 Å². The first-order valence-electron chi connectivity index (χ1n) is 10.8. The first kappa shape index (κ1) is 16.5. The highest BCUT2D eigenvalue weighted by Crippen LogP contribution is 2.83. The molecule has 2 spiro atoms. The fourth-order valence-corrected chi connectivity index (χ4v) is 9.97. The molecule has 0 aromatic heterocycles. The van der Waals surface area contributed by atoms with E-state index in [4.69, 9.17) is 0 Å². The molecule has 0 aromatic carbocycles. The van der Waals surface area contributed by atoms with Crippen molar-refractivity contribution in [2.45, 2.75) is 70.3 Å². The summed E-state index contributed by atoms with van der Waals surface area (Å²) in [5.74, 6) is 1.26. The molecule has 5 saturated carbocycles. The van der Waals surface area contributed by atoms with E-state index in [0.29, 0.717) is 17.9 Å². The molecule has 144 valence electrons. The van der Waals surface area contributed by atoms with Crippen molar-refractivity contribution >= 4 is 0 Å². The minimum atomic E-state index is -0.500. The summed E-state index contributed by atoms with van der Waals surface area (Å²) in [5, 5.41) is 33.8. The summed E-state index contributed by atoms with van der Waals surface area (Å²) in [4.78, 5) is 2.65. The average Bonchev–Trinajstić information content (AvgIpc) is 3.14. The average molecular weight is 360 g/mol. The molecule has 26 heavy (non-hydrogen) atoms. The number of aliphatic hydroxyl groups excluding tert-OH is 3. The summed E-state index contributed by atoms with van der Waals surface area (Å²) in [6.07, 6.45) is 3.58. The van der Waals surface area contributed by atoms with Gasteiger partial charge in [-0.25, -0.2) is 0 Å². The maximum absolute atomic E-state index is 11.5. The van der Waals surface area contributed by atoms with Crippen LogP contribution in [0.4, 0.5) is 0 Å². The van der Waals surface area contributed by atoms with Gasteiger partial charge in [-0.1, -0.05) is 20.4 Å². The van der Waals surface area contributed by atoms with E-state index in [9.17, 15) is 15.3 Å². The largest absolute Gasteiger partial charge is 0.392 e. The molecule has 4 heteroatoms. The topological polar surface area (TPSA) is 63.9 Å². The number of fused-ring (bicyclic) bond motifs is 1. The molecule has 6 rings (SSSR count). The fourth-order valence-electron chi connectivity index (χ4n) is 9.97. The maximum Gasteiger partial charge on any atom is 0.0813 e. The van der Waals surface area contributed by atoms with E-state index in [1.165, 1.54) is 0 Å². The van der Waals surface area contributed by atoms with Crippen molar-refractivity contribution in [1.82, 2.24) is 4.90 Å². The number of hydrogen-bond acceptors (Lipinski definition) is 4. The van der Waals surface area contributed by atoms with E-state index in [0.717, 1.165) is 50.8 Å². The van der Waals surface area contributed by atoms with Crippen LogP contribution < -0.4 is 0 Å². The molecule has 4 nitrogen and oxygen atoms in total. The van der Waals surface area contributed by atoms with Gasteiger partial charge in [-0.15, -0.1) is 0 Å². The lowest BCUT2D eigenvalue weighted by Gasteiger charge is -2.65. The molecule has 7 bridgehead atoms. The van der Waals surface area contributed by atoms with Crippen LogP contribution in [0.5, 0.6) is 0 Å². The van der Waals surface area contributed by atoms with Crippen LogP contribution >= 0.6 is 0 Å². The quantitative estimate of drug-likeness (QED) is 0.625. The minimum Gasteiger partial charge on any atom is -0.392 e. The van der Waals surface area contributed by atoms with E-state index >= 15 is 0 Å². The smallest absolute Gasteiger partial charge is 0.0813 e. The van der Waals surface area contributed by atoms with Gasteiger partial charge in [0.05, 0.1) is 18.3 Å². The number of likely N-dealkylation sites (tertiary alicyclic amines) is 1. The van der Waals surface area contributed by atoms with Gasteiger partial charge < -0.3 is 15.3 Å². The molecule has 11 atom stereocenters. The summed E-state index contributed by atoms with van der Waals surface area (Å²) in [7, 11) is 0. The zero-order valence-electron chi connectivity index (χ0n) is 16.1. The number of hydrogen-bond donors (Lipinski definition) is 3. The lowest BCUT2D eigenvalue weighted by Crippen LogP contribution is -2.68. The van der Waals surface area contributed by atoms with Gasteiger partial charge in [0.15, 0.2) is 0 Å². The van der Waals surface area contributed by atoms with Crippen molar-refractivity contribution in [2.75, 3.05) is 13.1 Å². The van der Waals surface area contributed by atoms with Gasteiger partial charge in [0.25, 0.3) is 0 Å². The van der Waals surface area contributed by atoms with Crippen molar-refractivity contribution in [1.29, 1.82) is 0 Å². The van der Waals surface area contributed by atoms with Crippen LogP contribution in [0.25, 0.3) is 0 Å². The summed E-state index contributed by atoms with van der Waals surface area (Å²) in [6.45, 7) is 11.1. The molecular formula is C22H33NO3. The van der Waals surface area contributed by atoms with Gasteiger partial charge in [0.2, 0.25) is 0 Å². The summed E-state index contributed by atoms with van der Waals surface area (Å²) < 4.78 is 0. The van der Waals surface area contributed by atoms with Crippen LogP contribution in [-0.4, -0.2) is 57.7 Å². The standard InChI is InChI=1S/C22H33NO3/c1-4-23-10-20(3)6-5-17(25)22-15(20)7-13(18(22)23)21-9-12(11(2)19(21)26)14(24)8-16(21)22/h12-19,24-26H,2,4-10H2,1,3H3/t12-,13?,14-,15+,16+,17-,18?,19+,20-,21?,22?/m0/s1. The molecular weight excluding hydrogens is 326 g/mol. The summed E-state index contributed by atoms with van der Waals surface area (Å²) in [5.41, 5.74) is 0.849. The Hall–Kier alpha value is -0.420. The Bertz CT molecular complexity index is 695. The molecule has 3 N–H and O–H groups in total. The first-order chi connectivity index (χ1) is 12.3. The zero-order valence-corrected chi connectivity index (χ0v) is 16.1. The van der Waals surface area contributed by atoms with Gasteiger partial charge in [-0.3, -0.25) is 4.90 Å². The summed E-state index contributed by atoms with van der Waals surface area (Å²) in [6, 6.07) is 0.373. The van der Waals surface area contributed by atoms with Crippen LogP contribution in [0, 0.1) is 39.9 Å². The number of piperidine rings is 1. The van der Waals surface area contributed by atoms with E-state index in [-0.39, 0.29) is 34.2 Å². The van der Waals surface area contributed by atoms with Crippen molar-refractivity contribution in [3.05, 3.63) is 12.2 Å². The van der Waals surface area contributed by atoms with Gasteiger partial charge in [-0.2, -0.15) is 0 Å². The van der Waals surface area contributed by atoms with Crippen LogP contribution in [0.15, 0.2) is 12.2 Å². The monoisotopic (exact) mass is 359 g/mol. The molecule has 5 aliphatic carbocycles. The van der Waals surface area contributed by atoms with Gasteiger partial charge >= 0.3 is 0 Å². The second-order valence-corrected chi connectivity index (χ2v) is 10.9. The van der Waals surface area contributed by atoms with Crippen LogP contribution in [0.3, 0.4) is 0 Å². The maximum atomic E-state index is 11.5. The van der Waals surface area contributed by atoms with Crippen molar-refractivity contribution in [2.24, 2.45) is 39.9 Å². The number of nitrogens with zero attached hydrogens (tertiary/aromatic N) is 1. The highest BCUT2D eigenvalue weighted by atomic mass is 16.3. The molecule has 0 amide bonds. The Morgan fingerprint density at radius 3 is 2.69 bits per heavy atom. The van der Waals surface area contributed by atoms with Crippen molar-refractivity contribution in [3.8, 4) is 0 Å². The van der Waals surface area contributed by atoms with E-state index in [2.05, 4.69) is 25.3 Å². The molecule has 6 fully saturated rings. The van der Waals surface area contributed by atoms with E-state index in [1.807, 2.05) is 0 Å². The Kier molecular flexibility index (Phi) is 2.92. The second kappa shape index (κ2) is 4.59. The van der Waals surface area contributed by atoms with Crippen LogP contribution in [0.2, 0.25) is 0 Å².